The molecule has 32 heavy (non-hydrogen) atoms. The van der Waals surface area contributed by atoms with Gasteiger partial charge in [-0.05, 0) is 38.5 Å². The molecule has 0 aliphatic rings. The van der Waals surface area contributed by atoms with E-state index in [2.05, 4.69) is 25.4 Å². The Morgan fingerprint density at radius 1 is 1.16 bits per heavy atom. The highest BCUT2D eigenvalue weighted by Crippen LogP contribution is 2.26. The van der Waals surface area contributed by atoms with Crippen LogP contribution in [-0.2, 0) is 10.5 Å². The fourth-order valence-corrected chi connectivity index (χ4v) is 4.82. The first-order valence-electron chi connectivity index (χ1n) is 9.64. The SMILES string of the molecule is COC(=O)c1sc(NC(=O)c2ccccc2CSc2nc3nc(C)cc(C)n3n2)nc1C. The number of fused-ring (bicyclic) bond motifs is 1. The van der Waals surface area contributed by atoms with Crippen LogP contribution in [0.4, 0.5) is 5.13 Å². The van der Waals surface area contributed by atoms with Crippen LogP contribution in [0.25, 0.3) is 5.78 Å². The summed E-state index contributed by atoms with van der Waals surface area (Å²) in [7, 11) is 1.31. The number of nitrogens with one attached hydrogen (secondary N) is 1. The number of aryl methyl sites for hydroxylation is 3. The second-order valence-corrected chi connectivity index (χ2v) is 8.91. The standard InChI is InChI=1S/C21H20N6O3S2/c1-11-9-12(2)27-19(22-11)25-21(26-27)31-10-14-7-5-6-8-15(14)17(28)24-20-23-13(3)16(32-20)18(29)30-4/h5-9H,10H2,1-4H3,(H,23,24,28). The monoisotopic (exact) mass is 468 g/mol. The second kappa shape index (κ2) is 9.05. The number of methoxy groups -OCH3 is 1. The summed E-state index contributed by atoms with van der Waals surface area (Å²) in [5.41, 5.74) is 3.70. The van der Waals surface area contributed by atoms with Crippen molar-refractivity contribution in [2.24, 2.45) is 0 Å². The first-order valence-corrected chi connectivity index (χ1v) is 11.4. The Kier molecular flexibility index (Phi) is 6.19. The number of hydrogen-bond acceptors (Lipinski definition) is 9. The van der Waals surface area contributed by atoms with Crippen molar-refractivity contribution in [1.29, 1.82) is 0 Å². The Labute approximate surface area is 192 Å². The maximum atomic E-state index is 12.9. The van der Waals surface area contributed by atoms with Gasteiger partial charge in [-0.1, -0.05) is 41.3 Å². The highest BCUT2D eigenvalue weighted by molar-refractivity contribution is 7.98. The largest absolute Gasteiger partial charge is 0.465 e. The van der Waals surface area contributed by atoms with E-state index in [1.165, 1.54) is 18.9 Å². The van der Waals surface area contributed by atoms with Crippen molar-refractivity contribution in [1.82, 2.24) is 24.6 Å². The molecular weight excluding hydrogens is 448 g/mol. The number of rotatable bonds is 6. The molecule has 0 aliphatic heterocycles. The van der Waals surface area contributed by atoms with Crippen LogP contribution in [0.2, 0.25) is 0 Å². The van der Waals surface area contributed by atoms with E-state index in [0.717, 1.165) is 28.3 Å². The van der Waals surface area contributed by atoms with Crippen LogP contribution in [0.1, 0.15) is 42.7 Å². The van der Waals surface area contributed by atoms with E-state index in [1.54, 1.807) is 23.6 Å². The Bertz CT molecular complexity index is 1330. The molecule has 0 unspecified atom stereocenters. The topological polar surface area (TPSA) is 111 Å². The van der Waals surface area contributed by atoms with Gasteiger partial charge in [0.1, 0.15) is 4.88 Å². The van der Waals surface area contributed by atoms with Crippen LogP contribution in [0, 0.1) is 20.8 Å². The number of ether oxygens (including phenoxy) is 1. The zero-order chi connectivity index (χ0) is 22.8. The summed E-state index contributed by atoms with van der Waals surface area (Å²) in [4.78, 5) is 38.2. The Balaban J connectivity index is 1.51. The molecule has 0 radical (unpaired) electrons. The third-order valence-electron chi connectivity index (χ3n) is 4.61. The Morgan fingerprint density at radius 2 is 1.94 bits per heavy atom. The predicted molar refractivity (Wildman–Crippen MR) is 122 cm³/mol. The molecule has 0 bridgehead atoms. The summed E-state index contributed by atoms with van der Waals surface area (Å²) >= 11 is 2.51. The van der Waals surface area contributed by atoms with Gasteiger partial charge in [-0.15, -0.1) is 5.10 Å². The average molecular weight is 469 g/mol. The molecule has 11 heteroatoms. The van der Waals surface area contributed by atoms with Gasteiger partial charge in [0.05, 0.1) is 12.8 Å². The fraction of sp³-hybridized carbons (Fsp3) is 0.238. The smallest absolute Gasteiger partial charge is 0.350 e. The quantitative estimate of drug-likeness (QED) is 0.336. The van der Waals surface area contributed by atoms with Gasteiger partial charge in [-0.25, -0.2) is 19.3 Å². The minimum atomic E-state index is -0.475. The molecule has 9 nitrogen and oxygen atoms in total. The molecule has 0 aliphatic carbocycles. The second-order valence-electron chi connectivity index (χ2n) is 6.97. The first-order chi connectivity index (χ1) is 15.4. The van der Waals surface area contributed by atoms with Gasteiger partial charge in [-0.2, -0.15) is 4.98 Å². The molecule has 0 atom stereocenters. The van der Waals surface area contributed by atoms with Crippen LogP contribution in [0.5, 0.6) is 0 Å². The van der Waals surface area contributed by atoms with E-state index in [9.17, 15) is 9.59 Å². The summed E-state index contributed by atoms with van der Waals surface area (Å²) in [5.74, 6) is 0.277. The molecule has 1 amide bonds. The highest BCUT2D eigenvalue weighted by atomic mass is 32.2. The van der Waals surface area contributed by atoms with E-state index < -0.39 is 5.97 Å². The average Bonchev–Trinajstić information content (AvgIpc) is 3.34. The summed E-state index contributed by atoms with van der Waals surface area (Å²) in [6.45, 7) is 5.57. The van der Waals surface area contributed by atoms with Crippen LogP contribution in [0.3, 0.4) is 0 Å². The van der Waals surface area contributed by atoms with Crippen molar-refractivity contribution in [3.8, 4) is 0 Å². The zero-order valence-corrected chi connectivity index (χ0v) is 19.5. The van der Waals surface area contributed by atoms with Gasteiger partial charge in [0.2, 0.25) is 5.16 Å². The molecule has 164 valence electrons. The number of amides is 1. The zero-order valence-electron chi connectivity index (χ0n) is 17.9. The summed E-state index contributed by atoms with van der Waals surface area (Å²) in [6.07, 6.45) is 0. The third kappa shape index (κ3) is 4.48. The fourth-order valence-electron chi connectivity index (χ4n) is 3.12. The van der Waals surface area contributed by atoms with Crippen molar-refractivity contribution >= 4 is 45.9 Å². The highest BCUT2D eigenvalue weighted by Gasteiger charge is 2.19. The lowest BCUT2D eigenvalue weighted by Gasteiger charge is -2.07. The van der Waals surface area contributed by atoms with Gasteiger partial charge >= 0.3 is 5.97 Å². The maximum Gasteiger partial charge on any atom is 0.350 e. The lowest BCUT2D eigenvalue weighted by atomic mass is 10.1. The van der Waals surface area contributed by atoms with Gasteiger partial charge < -0.3 is 4.74 Å². The number of anilines is 1. The number of thioether (sulfide) groups is 1. The number of hydrogen-bond donors (Lipinski definition) is 1. The Morgan fingerprint density at radius 3 is 2.72 bits per heavy atom. The van der Waals surface area contributed by atoms with Crippen molar-refractivity contribution < 1.29 is 14.3 Å². The van der Waals surface area contributed by atoms with E-state index in [4.69, 9.17) is 4.74 Å². The third-order valence-corrected chi connectivity index (χ3v) is 6.54. The molecule has 4 aromatic rings. The summed E-state index contributed by atoms with van der Waals surface area (Å²) in [5, 5.41) is 8.20. The first kappa shape index (κ1) is 21.9. The van der Waals surface area contributed by atoms with Crippen molar-refractivity contribution in [2.75, 3.05) is 12.4 Å². The van der Waals surface area contributed by atoms with Crippen LogP contribution in [0.15, 0.2) is 35.5 Å². The molecule has 3 aromatic heterocycles. The minimum absolute atomic E-state index is 0.303. The number of esters is 1. The number of benzene rings is 1. The van der Waals surface area contributed by atoms with Gasteiger partial charge in [0.15, 0.2) is 5.13 Å². The molecule has 4 rings (SSSR count). The number of aromatic nitrogens is 5. The molecule has 1 N–H and O–H groups in total. The number of carbonyl (C=O) groups is 2. The lowest BCUT2D eigenvalue weighted by molar-refractivity contribution is 0.0605. The molecule has 0 saturated carbocycles. The predicted octanol–water partition coefficient (Wildman–Crippen LogP) is 3.84. The van der Waals surface area contributed by atoms with E-state index in [1.807, 2.05) is 32.0 Å². The van der Waals surface area contributed by atoms with Crippen molar-refractivity contribution in [3.05, 3.63) is 63.4 Å². The maximum absolute atomic E-state index is 12.9. The molecule has 0 spiro atoms. The molecule has 0 saturated heterocycles. The van der Waals surface area contributed by atoms with Gasteiger partial charge in [0.25, 0.3) is 11.7 Å². The van der Waals surface area contributed by atoms with E-state index in [0.29, 0.717) is 38.0 Å². The molecule has 0 fully saturated rings. The Hall–Kier alpha value is -3.31. The van der Waals surface area contributed by atoms with E-state index >= 15 is 0 Å². The summed E-state index contributed by atoms with van der Waals surface area (Å²) < 4.78 is 6.45. The number of carbonyl (C=O) groups excluding carboxylic acids is 2. The van der Waals surface area contributed by atoms with Gasteiger partial charge in [-0.3, -0.25) is 10.1 Å². The normalized spacial score (nSPS) is 11.0. The van der Waals surface area contributed by atoms with Crippen LogP contribution < -0.4 is 5.32 Å². The van der Waals surface area contributed by atoms with Crippen molar-refractivity contribution in [3.63, 3.8) is 0 Å². The van der Waals surface area contributed by atoms with Crippen molar-refractivity contribution in [2.45, 2.75) is 31.7 Å². The van der Waals surface area contributed by atoms with E-state index in [-0.39, 0.29) is 5.91 Å². The molecule has 3 heterocycles. The van der Waals surface area contributed by atoms with Crippen LogP contribution >= 0.6 is 23.1 Å². The number of thiazole rings is 1. The number of nitrogens with zero attached hydrogens (tertiary/aromatic N) is 5. The van der Waals surface area contributed by atoms with Gasteiger partial charge in [0, 0.05) is 22.7 Å². The van der Waals surface area contributed by atoms with Crippen LogP contribution in [-0.4, -0.2) is 43.6 Å². The summed E-state index contributed by atoms with van der Waals surface area (Å²) in [6, 6.07) is 9.26. The molecular formula is C21H20N6O3S2. The minimum Gasteiger partial charge on any atom is -0.465 e. The lowest BCUT2D eigenvalue weighted by Crippen LogP contribution is -2.13. The molecule has 1 aromatic carbocycles.